The van der Waals surface area contributed by atoms with Crippen LogP contribution < -0.4 is 4.74 Å². The van der Waals surface area contributed by atoms with E-state index >= 15 is 0 Å². The highest BCUT2D eigenvalue weighted by molar-refractivity contribution is 5.96. The molecule has 0 unspecified atom stereocenters. The van der Waals surface area contributed by atoms with Crippen LogP contribution in [0, 0.1) is 0 Å². The van der Waals surface area contributed by atoms with Gasteiger partial charge in [-0.2, -0.15) is 0 Å². The molecule has 7 aromatic rings. The van der Waals surface area contributed by atoms with Gasteiger partial charge in [0.1, 0.15) is 11.5 Å². The molecule has 0 radical (unpaired) electrons. The molecule has 1 heteroatoms. The van der Waals surface area contributed by atoms with E-state index in [2.05, 4.69) is 184 Å². The lowest BCUT2D eigenvalue weighted by Crippen LogP contribution is -2.24. The Labute approximate surface area is 271 Å². The Morgan fingerprint density at radius 1 is 0.348 bits per heavy atom. The monoisotopic (exact) mass is 590 g/mol. The van der Waals surface area contributed by atoms with Gasteiger partial charge in [0.15, 0.2) is 0 Å². The lowest BCUT2D eigenvalue weighted by atomic mass is 9.75. The fourth-order valence-electron chi connectivity index (χ4n) is 6.96. The SMILES string of the molecule is CC1(C)c2ccccc2Oc2c(-c3cccc(-c4cc(-c5ccccc5)c(-c5ccccc5)cc4-c4ccccc4)c3)cccc21. The Bertz CT molecular complexity index is 2180. The summed E-state index contributed by atoms with van der Waals surface area (Å²) in [5.74, 6) is 1.87. The first kappa shape index (κ1) is 27.9. The topological polar surface area (TPSA) is 9.23 Å². The van der Waals surface area contributed by atoms with Gasteiger partial charge in [-0.1, -0.05) is 159 Å². The van der Waals surface area contributed by atoms with E-state index in [9.17, 15) is 0 Å². The first-order chi connectivity index (χ1) is 22.6. The average Bonchev–Trinajstić information content (AvgIpc) is 3.12. The predicted octanol–water partition coefficient (Wildman–Crippen LogP) is 12.5. The molecule has 0 fully saturated rings. The van der Waals surface area contributed by atoms with E-state index in [0.29, 0.717) is 0 Å². The summed E-state index contributed by atoms with van der Waals surface area (Å²) >= 11 is 0. The largest absolute Gasteiger partial charge is 0.456 e. The van der Waals surface area contributed by atoms with Gasteiger partial charge in [0.05, 0.1) is 0 Å². The van der Waals surface area contributed by atoms with E-state index in [4.69, 9.17) is 4.74 Å². The summed E-state index contributed by atoms with van der Waals surface area (Å²) in [5.41, 5.74) is 14.1. The van der Waals surface area contributed by atoms with Crippen LogP contribution in [-0.2, 0) is 5.41 Å². The van der Waals surface area contributed by atoms with E-state index in [1.165, 1.54) is 55.6 Å². The Morgan fingerprint density at radius 2 is 0.761 bits per heavy atom. The molecule has 0 saturated carbocycles. The molecule has 0 amide bonds. The fraction of sp³-hybridized carbons (Fsp3) is 0.0667. The lowest BCUT2D eigenvalue weighted by Gasteiger charge is -2.35. The predicted molar refractivity (Wildman–Crippen MR) is 192 cm³/mol. The Balaban J connectivity index is 1.34. The van der Waals surface area contributed by atoms with Crippen molar-refractivity contribution < 1.29 is 4.74 Å². The molecule has 0 bridgehead atoms. The zero-order valence-corrected chi connectivity index (χ0v) is 26.1. The second-order valence-corrected chi connectivity index (χ2v) is 12.5. The molecule has 8 rings (SSSR count). The molecule has 0 atom stereocenters. The van der Waals surface area contributed by atoms with Crippen LogP contribution in [0.3, 0.4) is 0 Å². The summed E-state index contributed by atoms with van der Waals surface area (Å²) in [5, 5.41) is 0. The minimum absolute atomic E-state index is 0.171. The van der Waals surface area contributed by atoms with E-state index in [-0.39, 0.29) is 5.41 Å². The maximum atomic E-state index is 6.68. The molecule has 1 aliphatic rings. The standard InChI is InChI=1S/C45H34O/c1-45(2)41-25-12-13-27-43(41)46-44-36(24-15-26-42(44)45)34-22-14-23-35(28-34)40-30-38(32-18-8-4-9-19-32)37(31-16-6-3-7-17-31)29-39(40)33-20-10-5-11-21-33/h3-30H,1-2H3. The van der Waals surface area contributed by atoms with Crippen LogP contribution >= 0.6 is 0 Å². The molecule has 0 N–H and O–H groups in total. The van der Waals surface area contributed by atoms with Crippen molar-refractivity contribution in [2.75, 3.05) is 0 Å². The van der Waals surface area contributed by atoms with Crippen LogP contribution in [0.25, 0.3) is 55.6 Å². The molecule has 0 aromatic heterocycles. The van der Waals surface area contributed by atoms with Gasteiger partial charge in [-0.05, 0) is 74.3 Å². The maximum Gasteiger partial charge on any atom is 0.139 e. The fourth-order valence-corrected chi connectivity index (χ4v) is 6.96. The summed E-state index contributed by atoms with van der Waals surface area (Å²) in [4.78, 5) is 0. The average molecular weight is 591 g/mol. The third kappa shape index (κ3) is 4.82. The lowest BCUT2D eigenvalue weighted by molar-refractivity contribution is 0.419. The van der Waals surface area contributed by atoms with Crippen molar-refractivity contribution in [2.45, 2.75) is 19.3 Å². The third-order valence-corrected chi connectivity index (χ3v) is 9.36. The normalized spacial score (nSPS) is 12.9. The highest BCUT2D eigenvalue weighted by Crippen LogP contribution is 2.51. The van der Waals surface area contributed by atoms with Gasteiger partial charge in [0.25, 0.3) is 0 Å². The number of para-hydroxylation sites is 2. The van der Waals surface area contributed by atoms with Crippen LogP contribution in [0.2, 0.25) is 0 Å². The number of benzene rings is 7. The number of hydrogen-bond acceptors (Lipinski definition) is 1. The molecule has 0 saturated heterocycles. The summed E-state index contributed by atoms with van der Waals surface area (Å²) < 4.78 is 6.68. The molecule has 220 valence electrons. The quantitative estimate of drug-likeness (QED) is 0.194. The van der Waals surface area contributed by atoms with Gasteiger partial charge in [-0.25, -0.2) is 0 Å². The molecule has 46 heavy (non-hydrogen) atoms. The minimum atomic E-state index is -0.171. The van der Waals surface area contributed by atoms with E-state index in [1.807, 2.05) is 0 Å². The van der Waals surface area contributed by atoms with Crippen LogP contribution in [0.4, 0.5) is 0 Å². The first-order valence-corrected chi connectivity index (χ1v) is 15.9. The minimum Gasteiger partial charge on any atom is -0.456 e. The zero-order valence-electron chi connectivity index (χ0n) is 26.1. The molecule has 1 heterocycles. The molecular weight excluding hydrogens is 556 g/mol. The van der Waals surface area contributed by atoms with Crippen molar-refractivity contribution in [3.8, 4) is 67.1 Å². The number of rotatable bonds is 5. The molecule has 0 spiro atoms. The summed E-state index contributed by atoms with van der Waals surface area (Å²) in [6.07, 6.45) is 0. The van der Waals surface area contributed by atoms with Crippen LogP contribution in [0.1, 0.15) is 25.0 Å². The van der Waals surface area contributed by atoms with Crippen molar-refractivity contribution >= 4 is 0 Å². The summed E-state index contributed by atoms with van der Waals surface area (Å²) in [7, 11) is 0. The maximum absolute atomic E-state index is 6.68. The van der Waals surface area contributed by atoms with Crippen molar-refractivity contribution in [1.82, 2.24) is 0 Å². The number of fused-ring (bicyclic) bond motifs is 2. The van der Waals surface area contributed by atoms with E-state index in [1.54, 1.807) is 0 Å². The van der Waals surface area contributed by atoms with Gasteiger partial charge in [0, 0.05) is 22.1 Å². The van der Waals surface area contributed by atoms with Crippen LogP contribution in [0.5, 0.6) is 11.5 Å². The Morgan fingerprint density at radius 3 is 1.33 bits per heavy atom. The smallest absolute Gasteiger partial charge is 0.139 e. The molecular formula is C45H34O. The van der Waals surface area contributed by atoms with Gasteiger partial charge in [-0.15, -0.1) is 0 Å². The highest BCUT2D eigenvalue weighted by atomic mass is 16.5. The second kappa shape index (κ2) is 11.4. The van der Waals surface area contributed by atoms with Gasteiger partial charge < -0.3 is 4.74 Å². The van der Waals surface area contributed by atoms with Crippen LogP contribution in [0.15, 0.2) is 170 Å². The van der Waals surface area contributed by atoms with E-state index in [0.717, 1.165) is 22.6 Å². The molecule has 1 nitrogen and oxygen atoms in total. The van der Waals surface area contributed by atoms with Crippen molar-refractivity contribution in [1.29, 1.82) is 0 Å². The second-order valence-electron chi connectivity index (χ2n) is 12.5. The molecule has 1 aliphatic heterocycles. The Kier molecular flexibility index (Phi) is 6.88. The van der Waals surface area contributed by atoms with Crippen molar-refractivity contribution in [2.24, 2.45) is 0 Å². The highest BCUT2D eigenvalue weighted by Gasteiger charge is 2.35. The third-order valence-electron chi connectivity index (χ3n) is 9.36. The van der Waals surface area contributed by atoms with Gasteiger partial charge in [0.2, 0.25) is 0 Å². The number of hydrogen-bond donors (Lipinski definition) is 0. The molecule has 7 aromatic carbocycles. The number of ether oxygens (including phenoxy) is 1. The summed E-state index contributed by atoms with van der Waals surface area (Å²) in [6.45, 7) is 4.58. The summed E-state index contributed by atoms with van der Waals surface area (Å²) in [6, 6.07) is 60.9. The van der Waals surface area contributed by atoms with E-state index < -0.39 is 0 Å². The van der Waals surface area contributed by atoms with Gasteiger partial charge >= 0.3 is 0 Å². The van der Waals surface area contributed by atoms with Gasteiger partial charge in [-0.3, -0.25) is 0 Å². The zero-order chi connectivity index (χ0) is 31.1. The Hall–Kier alpha value is -5.66. The van der Waals surface area contributed by atoms with Crippen molar-refractivity contribution in [3.63, 3.8) is 0 Å². The van der Waals surface area contributed by atoms with Crippen molar-refractivity contribution in [3.05, 3.63) is 181 Å². The first-order valence-electron chi connectivity index (χ1n) is 15.9. The van der Waals surface area contributed by atoms with Crippen LogP contribution in [-0.4, -0.2) is 0 Å². The molecule has 0 aliphatic carbocycles.